The standard InChI is InChI=1S/C12H9FN2O3/c13-7-1-2-8-9(12(17)18-4-3-14)6-11(16)15-10(8)5-7/h1-2,5,9H,4,6H2,(H,15,16)/t9-/m1/s1. The van der Waals surface area contributed by atoms with Crippen LogP contribution in [0.5, 0.6) is 0 Å². The van der Waals surface area contributed by atoms with Crippen LogP contribution in [0.3, 0.4) is 0 Å². The molecule has 2 rings (SSSR count). The van der Waals surface area contributed by atoms with Gasteiger partial charge in [0.25, 0.3) is 0 Å². The minimum absolute atomic E-state index is 0.0666. The molecule has 1 N–H and O–H groups in total. The molecule has 1 heterocycles. The number of hydrogen-bond acceptors (Lipinski definition) is 4. The van der Waals surface area contributed by atoms with E-state index in [-0.39, 0.29) is 24.6 Å². The van der Waals surface area contributed by atoms with Gasteiger partial charge in [0.2, 0.25) is 5.91 Å². The molecule has 0 bridgehead atoms. The summed E-state index contributed by atoms with van der Waals surface area (Å²) >= 11 is 0. The molecule has 0 aliphatic carbocycles. The van der Waals surface area contributed by atoms with Gasteiger partial charge < -0.3 is 10.1 Å². The van der Waals surface area contributed by atoms with E-state index in [0.717, 1.165) is 6.07 Å². The number of esters is 1. The lowest BCUT2D eigenvalue weighted by Gasteiger charge is -2.23. The highest BCUT2D eigenvalue weighted by atomic mass is 19.1. The first kappa shape index (κ1) is 12.0. The van der Waals surface area contributed by atoms with Crippen LogP contribution in [0.4, 0.5) is 10.1 Å². The Balaban J connectivity index is 2.31. The molecule has 1 atom stereocenters. The fourth-order valence-corrected chi connectivity index (χ4v) is 1.85. The van der Waals surface area contributed by atoms with E-state index < -0.39 is 17.7 Å². The van der Waals surface area contributed by atoms with Crippen LogP contribution in [0.2, 0.25) is 0 Å². The second-order valence-electron chi connectivity index (χ2n) is 3.80. The van der Waals surface area contributed by atoms with Crippen molar-refractivity contribution in [3.63, 3.8) is 0 Å². The fraction of sp³-hybridized carbons (Fsp3) is 0.250. The molecule has 0 aromatic heterocycles. The van der Waals surface area contributed by atoms with Crippen molar-refractivity contribution in [2.75, 3.05) is 11.9 Å². The van der Waals surface area contributed by atoms with Gasteiger partial charge in [-0.15, -0.1) is 0 Å². The molecule has 1 aliphatic rings. The van der Waals surface area contributed by atoms with Crippen LogP contribution in [-0.4, -0.2) is 18.5 Å². The minimum Gasteiger partial charge on any atom is -0.450 e. The van der Waals surface area contributed by atoms with Gasteiger partial charge in [0, 0.05) is 12.1 Å². The molecule has 0 saturated heterocycles. The zero-order valence-electron chi connectivity index (χ0n) is 9.27. The number of anilines is 1. The lowest BCUT2D eigenvalue weighted by atomic mass is 9.90. The number of hydrogen-bond donors (Lipinski definition) is 1. The van der Waals surface area contributed by atoms with Crippen LogP contribution in [0.1, 0.15) is 17.9 Å². The smallest absolute Gasteiger partial charge is 0.315 e. The van der Waals surface area contributed by atoms with Gasteiger partial charge in [-0.3, -0.25) is 9.59 Å². The zero-order valence-corrected chi connectivity index (χ0v) is 9.27. The molecule has 1 amide bonds. The third-order valence-electron chi connectivity index (χ3n) is 2.62. The Hall–Kier alpha value is -2.42. The van der Waals surface area contributed by atoms with E-state index in [1.165, 1.54) is 12.1 Å². The third kappa shape index (κ3) is 2.30. The van der Waals surface area contributed by atoms with Gasteiger partial charge in [-0.2, -0.15) is 5.26 Å². The average molecular weight is 248 g/mol. The van der Waals surface area contributed by atoms with E-state index in [2.05, 4.69) is 5.32 Å². The van der Waals surface area contributed by atoms with Crippen molar-refractivity contribution < 1.29 is 18.7 Å². The highest BCUT2D eigenvalue weighted by Crippen LogP contribution is 2.33. The number of carbonyl (C=O) groups excluding carboxylic acids is 2. The van der Waals surface area contributed by atoms with Crippen molar-refractivity contribution in [3.05, 3.63) is 29.6 Å². The summed E-state index contributed by atoms with van der Waals surface area (Å²) in [6.45, 7) is -0.368. The molecule has 0 spiro atoms. The predicted molar refractivity (Wildman–Crippen MR) is 59.0 cm³/mol. The second kappa shape index (κ2) is 4.84. The van der Waals surface area contributed by atoms with Gasteiger partial charge in [0.15, 0.2) is 6.61 Å². The van der Waals surface area contributed by atoms with Gasteiger partial charge >= 0.3 is 5.97 Å². The molecular formula is C12H9FN2O3. The van der Waals surface area contributed by atoms with Crippen LogP contribution >= 0.6 is 0 Å². The number of benzene rings is 1. The molecule has 1 aliphatic heterocycles. The van der Waals surface area contributed by atoms with Crippen LogP contribution in [0.25, 0.3) is 0 Å². The Kier molecular flexibility index (Phi) is 3.24. The first-order chi connectivity index (χ1) is 8.61. The molecule has 0 saturated carbocycles. The van der Waals surface area contributed by atoms with Gasteiger partial charge in [-0.1, -0.05) is 6.07 Å². The molecule has 0 fully saturated rings. The summed E-state index contributed by atoms with van der Waals surface area (Å²) in [5.74, 6) is -2.32. The fourth-order valence-electron chi connectivity index (χ4n) is 1.85. The van der Waals surface area contributed by atoms with Crippen molar-refractivity contribution >= 4 is 17.6 Å². The van der Waals surface area contributed by atoms with E-state index in [9.17, 15) is 14.0 Å². The van der Waals surface area contributed by atoms with Gasteiger partial charge in [-0.25, -0.2) is 4.39 Å². The molecule has 6 heteroatoms. The Morgan fingerprint density at radius 2 is 2.39 bits per heavy atom. The first-order valence-electron chi connectivity index (χ1n) is 5.24. The number of rotatable bonds is 2. The quantitative estimate of drug-likeness (QED) is 0.800. The van der Waals surface area contributed by atoms with Crippen LogP contribution in [0.15, 0.2) is 18.2 Å². The summed E-state index contributed by atoms with van der Waals surface area (Å²) in [7, 11) is 0. The number of ether oxygens (including phenoxy) is 1. The minimum atomic E-state index is -0.789. The van der Waals surface area contributed by atoms with Crippen molar-refractivity contribution in [3.8, 4) is 6.07 Å². The maximum Gasteiger partial charge on any atom is 0.315 e. The van der Waals surface area contributed by atoms with E-state index in [0.29, 0.717) is 5.56 Å². The zero-order chi connectivity index (χ0) is 13.1. The van der Waals surface area contributed by atoms with Crippen LogP contribution < -0.4 is 5.32 Å². The topological polar surface area (TPSA) is 79.2 Å². The molecule has 0 radical (unpaired) electrons. The lowest BCUT2D eigenvalue weighted by molar-refractivity contribution is -0.145. The SMILES string of the molecule is N#CCOC(=O)[C@@H]1CC(=O)Nc2cc(F)ccc21. The van der Waals surface area contributed by atoms with Crippen LogP contribution in [-0.2, 0) is 14.3 Å². The average Bonchev–Trinajstić information content (AvgIpc) is 2.34. The third-order valence-corrected chi connectivity index (χ3v) is 2.62. The highest BCUT2D eigenvalue weighted by molar-refractivity contribution is 5.99. The first-order valence-corrected chi connectivity index (χ1v) is 5.24. The van der Waals surface area contributed by atoms with Gasteiger partial charge in [0.1, 0.15) is 11.9 Å². The number of carbonyl (C=O) groups is 2. The number of amides is 1. The normalized spacial score (nSPS) is 17.3. The lowest BCUT2D eigenvalue weighted by Crippen LogP contribution is -2.28. The maximum absolute atomic E-state index is 13.0. The molecule has 1 aromatic rings. The summed E-state index contributed by atoms with van der Waals surface area (Å²) in [5.41, 5.74) is 0.768. The van der Waals surface area contributed by atoms with Crippen molar-refractivity contribution in [2.24, 2.45) is 0 Å². The predicted octanol–water partition coefficient (Wildman–Crippen LogP) is 1.32. The molecule has 0 unspecified atom stereocenters. The molecule has 5 nitrogen and oxygen atoms in total. The number of nitriles is 1. The number of nitrogens with one attached hydrogen (secondary N) is 1. The summed E-state index contributed by atoms with van der Waals surface area (Å²) in [6, 6.07) is 5.47. The van der Waals surface area contributed by atoms with Crippen molar-refractivity contribution in [2.45, 2.75) is 12.3 Å². The largest absolute Gasteiger partial charge is 0.450 e. The van der Waals surface area contributed by atoms with E-state index in [4.69, 9.17) is 10.00 Å². The molecule has 18 heavy (non-hydrogen) atoms. The summed E-state index contributed by atoms with van der Waals surface area (Å²) in [5, 5.41) is 10.8. The Morgan fingerprint density at radius 1 is 1.61 bits per heavy atom. The highest BCUT2D eigenvalue weighted by Gasteiger charge is 2.32. The van der Waals surface area contributed by atoms with E-state index >= 15 is 0 Å². The number of fused-ring (bicyclic) bond motifs is 1. The molecule has 1 aromatic carbocycles. The molecular weight excluding hydrogens is 239 g/mol. The Bertz CT molecular complexity index is 551. The Morgan fingerprint density at radius 3 is 3.11 bits per heavy atom. The van der Waals surface area contributed by atoms with E-state index in [1.807, 2.05) is 0 Å². The van der Waals surface area contributed by atoms with E-state index in [1.54, 1.807) is 6.07 Å². The number of halogens is 1. The van der Waals surface area contributed by atoms with Crippen molar-refractivity contribution in [1.82, 2.24) is 0 Å². The second-order valence-corrected chi connectivity index (χ2v) is 3.80. The molecule has 92 valence electrons. The Labute approximate surface area is 102 Å². The summed E-state index contributed by atoms with van der Waals surface area (Å²) < 4.78 is 17.7. The summed E-state index contributed by atoms with van der Waals surface area (Å²) in [4.78, 5) is 23.1. The van der Waals surface area contributed by atoms with Gasteiger partial charge in [-0.05, 0) is 17.7 Å². The van der Waals surface area contributed by atoms with Gasteiger partial charge in [0.05, 0.1) is 5.92 Å². The van der Waals surface area contributed by atoms with Crippen LogP contribution in [0, 0.1) is 17.1 Å². The summed E-state index contributed by atoms with van der Waals surface area (Å²) in [6.07, 6.45) is -0.0666. The number of nitrogens with zero attached hydrogens (tertiary/aromatic N) is 1. The van der Waals surface area contributed by atoms with Crippen molar-refractivity contribution in [1.29, 1.82) is 5.26 Å². The maximum atomic E-state index is 13.0. The monoisotopic (exact) mass is 248 g/mol.